The molecule has 0 aromatic heterocycles. The van der Waals surface area contributed by atoms with Crippen LogP contribution >= 0.6 is 0 Å². The van der Waals surface area contributed by atoms with Crippen LogP contribution in [0.15, 0.2) is 24.3 Å². The first-order chi connectivity index (χ1) is 11.4. The summed E-state index contributed by atoms with van der Waals surface area (Å²) in [6.07, 6.45) is 2.46. The lowest BCUT2D eigenvalue weighted by Crippen LogP contribution is -2.46. The fourth-order valence-corrected chi connectivity index (χ4v) is 5.39. The van der Waals surface area contributed by atoms with Crippen LogP contribution in [0.3, 0.4) is 0 Å². The van der Waals surface area contributed by atoms with Gasteiger partial charge >= 0.3 is 0 Å². The van der Waals surface area contributed by atoms with Crippen molar-refractivity contribution in [3.63, 3.8) is 0 Å². The molecule has 1 atom stereocenters. The normalized spacial score (nSPS) is 24.2. The Labute approximate surface area is 144 Å². The molecule has 1 saturated carbocycles. The van der Waals surface area contributed by atoms with Crippen molar-refractivity contribution in [3.05, 3.63) is 35.6 Å². The van der Waals surface area contributed by atoms with Crippen LogP contribution in [0.1, 0.15) is 38.7 Å². The summed E-state index contributed by atoms with van der Waals surface area (Å²) in [5.74, 6) is 0.136. The van der Waals surface area contributed by atoms with Gasteiger partial charge in [0.25, 0.3) is 0 Å². The van der Waals surface area contributed by atoms with Crippen LogP contribution in [-0.4, -0.2) is 48.5 Å². The molecular weight excluding hydrogens is 327 g/mol. The van der Waals surface area contributed by atoms with Gasteiger partial charge in [0.05, 0.1) is 5.25 Å². The minimum Gasteiger partial charge on any atom is -0.295 e. The summed E-state index contributed by atoms with van der Waals surface area (Å²) in [5.41, 5.74) is 1.07. The Hall–Kier alpha value is -0.980. The number of benzene rings is 1. The van der Waals surface area contributed by atoms with Crippen molar-refractivity contribution in [2.24, 2.45) is 5.92 Å². The lowest BCUT2D eigenvalue weighted by atomic mass is 10.0. The molecule has 134 valence electrons. The monoisotopic (exact) mass is 354 g/mol. The highest BCUT2D eigenvalue weighted by Gasteiger charge is 2.42. The minimum absolute atomic E-state index is 0.144. The summed E-state index contributed by atoms with van der Waals surface area (Å²) in [6.45, 7) is 7.09. The predicted octanol–water partition coefficient (Wildman–Crippen LogP) is 2.85. The lowest BCUT2D eigenvalue weighted by molar-refractivity contribution is 0.149. The molecule has 1 aromatic carbocycles. The minimum atomic E-state index is -3.12. The molecule has 0 radical (unpaired) electrons. The summed E-state index contributed by atoms with van der Waals surface area (Å²) in [7, 11) is -3.12. The number of hydrogen-bond acceptors (Lipinski definition) is 3. The van der Waals surface area contributed by atoms with E-state index in [0.29, 0.717) is 19.0 Å². The van der Waals surface area contributed by atoms with E-state index in [-0.39, 0.29) is 17.1 Å². The average Bonchev–Trinajstić information content (AvgIpc) is 3.36. The van der Waals surface area contributed by atoms with Crippen molar-refractivity contribution in [3.8, 4) is 0 Å². The first-order valence-corrected chi connectivity index (χ1v) is 10.4. The van der Waals surface area contributed by atoms with E-state index in [2.05, 4.69) is 18.7 Å². The molecule has 1 heterocycles. The van der Waals surface area contributed by atoms with Crippen LogP contribution in [-0.2, 0) is 16.6 Å². The van der Waals surface area contributed by atoms with Gasteiger partial charge in [0.1, 0.15) is 5.82 Å². The highest BCUT2D eigenvalue weighted by Crippen LogP contribution is 2.32. The van der Waals surface area contributed by atoms with E-state index in [1.165, 1.54) is 12.1 Å². The van der Waals surface area contributed by atoms with E-state index in [4.69, 9.17) is 0 Å². The smallest absolute Gasteiger partial charge is 0.217 e. The van der Waals surface area contributed by atoms with E-state index in [1.54, 1.807) is 4.31 Å². The maximum atomic E-state index is 13.1. The zero-order valence-corrected chi connectivity index (χ0v) is 15.3. The van der Waals surface area contributed by atoms with Gasteiger partial charge in [-0.1, -0.05) is 26.0 Å². The van der Waals surface area contributed by atoms with Gasteiger partial charge < -0.3 is 0 Å². The van der Waals surface area contributed by atoms with Gasteiger partial charge in [-0.3, -0.25) is 4.90 Å². The van der Waals surface area contributed by atoms with E-state index in [9.17, 15) is 12.8 Å². The number of hydrogen-bond donors (Lipinski definition) is 0. The van der Waals surface area contributed by atoms with Crippen molar-refractivity contribution in [1.82, 2.24) is 9.21 Å². The number of halogens is 1. The lowest BCUT2D eigenvalue weighted by Gasteiger charge is -2.34. The van der Waals surface area contributed by atoms with Gasteiger partial charge in [-0.2, -0.15) is 0 Å². The maximum Gasteiger partial charge on any atom is 0.217 e. The second-order valence-electron chi connectivity index (χ2n) is 7.36. The second-order valence-corrected chi connectivity index (χ2v) is 9.58. The summed E-state index contributed by atoms with van der Waals surface area (Å²) in [6, 6.07) is 6.79. The molecule has 1 saturated heterocycles. The molecule has 3 rings (SSSR count). The zero-order chi connectivity index (χ0) is 17.3. The molecule has 6 heteroatoms. The van der Waals surface area contributed by atoms with Gasteiger partial charge in [-0.05, 0) is 42.9 Å². The number of nitrogens with zero attached hydrogens (tertiary/aromatic N) is 2. The number of rotatable bonds is 5. The molecule has 0 N–H and O–H groups in total. The van der Waals surface area contributed by atoms with E-state index >= 15 is 0 Å². The van der Waals surface area contributed by atoms with Crippen LogP contribution in [0.5, 0.6) is 0 Å². The van der Waals surface area contributed by atoms with Crippen molar-refractivity contribution in [2.45, 2.75) is 50.9 Å². The molecule has 1 aliphatic heterocycles. The van der Waals surface area contributed by atoms with Crippen molar-refractivity contribution in [2.75, 3.05) is 19.6 Å². The SMILES string of the molecule is CC(C)[C@@H]1CN(S(=O)(=O)C2CC2)CCCN1Cc1ccc(F)cc1. The zero-order valence-electron chi connectivity index (χ0n) is 14.5. The third-order valence-electron chi connectivity index (χ3n) is 5.09. The van der Waals surface area contributed by atoms with Crippen LogP contribution in [0.2, 0.25) is 0 Å². The fraction of sp³-hybridized carbons (Fsp3) is 0.667. The van der Waals surface area contributed by atoms with Gasteiger partial charge in [0, 0.05) is 32.2 Å². The van der Waals surface area contributed by atoms with E-state index in [1.807, 2.05) is 12.1 Å². The number of sulfonamides is 1. The molecule has 4 nitrogen and oxygen atoms in total. The van der Waals surface area contributed by atoms with E-state index < -0.39 is 10.0 Å². The molecule has 2 fully saturated rings. The van der Waals surface area contributed by atoms with Crippen LogP contribution < -0.4 is 0 Å². The van der Waals surface area contributed by atoms with Gasteiger partial charge in [-0.15, -0.1) is 0 Å². The van der Waals surface area contributed by atoms with Crippen LogP contribution in [0.4, 0.5) is 4.39 Å². The maximum absolute atomic E-state index is 13.1. The molecular formula is C18H27FN2O2S. The molecule has 1 aliphatic carbocycles. The van der Waals surface area contributed by atoms with Gasteiger partial charge in [-0.25, -0.2) is 17.1 Å². The highest BCUT2D eigenvalue weighted by atomic mass is 32.2. The molecule has 0 amide bonds. The summed E-state index contributed by atoms with van der Waals surface area (Å²) >= 11 is 0. The molecule has 0 unspecified atom stereocenters. The van der Waals surface area contributed by atoms with Gasteiger partial charge in [0.15, 0.2) is 0 Å². The van der Waals surface area contributed by atoms with Crippen LogP contribution in [0.25, 0.3) is 0 Å². The second kappa shape index (κ2) is 7.10. The van der Waals surface area contributed by atoms with Crippen LogP contribution in [0, 0.1) is 11.7 Å². The molecule has 2 aliphatic rings. The molecule has 1 aromatic rings. The third-order valence-corrected chi connectivity index (χ3v) is 7.45. The highest BCUT2D eigenvalue weighted by molar-refractivity contribution is 7.90. The summed E-state index contributed by atoms with van der Waals surface area (Å²) in [5, 5.41) is -0.144. The van der Waals surface area contributed by atoms with Crippen molar-refractivity contribution >= 4 is 10.0 Å². The summed E-state index contributed by atoms with van der Waals surface area (Å²) in [4.78, 5) is 2.36. The van der Waals surface area contributed by atoms with Gasteiger partial charge in [0.2, 0.25) is 10.0 Å². The summed E-state index contributed by atoms with van der Waals surface area (Å²) < 4.78 is 40.1. The first kappa shape index (κ1) is 17.8. The average molecular weight is 354 g/mol. The van der Waals surface area contributed by atoms with Crippen molar-refractivity contribution < 1.29 is 12.8 Å². The first-order valence-electron chi connectivity index (χ1n) is 8.85. The molecule has 0 spiro atoms. The molecule has 0 bridgehead atoms. The largest absolute Gasteiger partial charge is 0.295 e. The van der Waals surface area contributed by atoms with Crippen molar-refractivity contribution in [1.29, 1.82) is 0 Å². The Morgan fingerprint density at radius 2 is 1.83 bits per heavy atom. The molecule has 24 heavy (non-hydrogen) atoms. The van der Waals surface area contributed by atoms with E-state index in [0.717, 1.165) is 37.9 Å². The Morgan fingerprint density at radius 1 is 1.17 bits per heavy atom. The Bertz CT molecular complexity index is 656. The quantitative estimate of drug-likeness (QED) is 0.816. The Kier molecular flexibility index (Phi) is 5.27. The third kappa shape index (κ3) is 3.98. The topological polar surface area (TPSA) is 40.6 Å². The predicted molar refractivity (Wildman–Crippen MR) is 93.6 cm³/mol. The standard InChI is InChI=1S/C18H27FN2O2S/c1-14(2)18-13-21(24(22,23)17-8-9-17)11-3-10-20(18)12-15-4-6-16(19)7-5-15/h4-7,14,17-18H,3,8-13H2,1-2H3/t18-/m0/s1. The Balaban J connectivity index is 1.76. The Morgan fingerprint density at radius 3 is 2.42 bits per heavy atom. The fourth-order valence-electron chi connectivity index (χ4n) is 3.49.